The van der Waals surface area contributed by atoms with Crippen LogP contribution in [0.1, 0.15) is 32.1 Å². The number of aliphatic carboxylic acids is 1. The van der Waals surface area contributed by atoms with Crippen molar-refractivity contribution in [2.45, 2.75) is 38.1 Å². The fourth-order valence-corrected chi connectivity index (χ4v) is 4.21. The normalized spacial score (nSPS) is 15.0. The van der Waals surface area contributed by atoms with Crippen LogP contribution in [0.15, 0.2) is 34.1 Å². The minimum absolute atomic E-state index is 0.156. The van der Waals surface area contributed by atoms with Gasteiger partial charge in [-0.1, -0.05) is 40.9 Å². The third-order valence-electron chi connectivity index (χ3n) is 4.21. The smallest absolute Gasteiger partial charge is 0.305 e. The number of benzene rings is 1. The molecular weight excluding hydrogens is 376 g/mol. The molecule has 0 radical (unpaired) electrons. The highest BCUT2D eigenvalue weighted by Crippen LogP contribution is 2.33. The third-order valence-corrected chi connectivity index (χ3v) is 5.62. The number of rotatable bonds is 6. The van der Waals surface area contributed by atoms with Gasteiger partial charge in [0, 0.05) is 28.0 Å². The average Bonchev–Trinajstić information content (AvgIpc) is 3.20. The van der Waals surface area contributed by atoms with Crippen molar-refractivity contribution in [1.82, 2.24) is 4.98 Å². The van der Waals surface area contributed by atoms with Crippen molar-refractivity contribution in [3.63, 3.8) is 0 Å². The number of carboxylic acid groups (broad SMARTS) is 1. The van der Waals surface area contributed by atoms with Crippen LogP contribution in [0.5, 0.6) is 0 Å². The van der Waals surface area contributed by atoms with Gasteiger partial charge in [-0.15, -0.1) is 11.3 Å². The van der Waals surface area contributed by atoms with Crippen molar-refractivity contribution in [3.05, 3.63) is 34.1 Å². The van der Waals surface area contributed by atoms with Crippen LogP contribution in [-0.2, 0) is 4.79 Å². The van der Waals surface area contributed by atoms with E-state index in [0.717, 1.165) is 33.7 Å². The van der Waals surface area contributed by atoms with Crippen LogP contribution in [-0.4, -0.2) is 28.6 Å². The van der Waals surface area contributed by atoms with Gasteiger partial charge in [-0.25, -0.2) is 4.98 Å². The third kappa shape index (κ3) is 4.12. The summed E-state index contributed by atoms with van der Waals surface area (Å²) in [6.45, 7) is 0.535. The molecule has 0 unspecified atom stereocenters. The Morgan fingerprint density at radius 1 is 1.30 bits per heavy atom. The maximum absolute atomic E-state index is 11.0. The second-order valence-corrected chi connectivity index (χ2v) is 7.55. The van der Waals surface area contributed by atoms with Crippen molar-refractivity contribution in [1.29, 1.82) is 0 Å². The molecule has 0 bridgehead atoms. The van der Waals surface area contributed by atoms with E-state index in [-0.39, 0.29) is 6.42 Å². The van der Waals surface area contributed by atoms with Crippen LogP contribution < -0.4 is 4.90 Å². The van der Waals surface area contributed by atoms with Crippen molar-refractivity contribution in [3.8, 4) is 11.3 Å². The van der Waals surface area contributed by atoms with Crippen LogP contribution >= 0.6 is 27.3 Å². The topological polar surface area (TPSA) is 53.4 Å². The quantitative estimate of drug-likeness (QED) is 0.764. The first-order chi connectivity index (χ1) is 11.1. The van der Waals surface area contributed by atoms with Crippen LogP contribution in [0.3, 0.4) is 0 Å². The van der Waals surface area contributed by atoms with Crippen LogP contribution in [0.25, 0.3) is 11.3 Å². The summed E-state index contributed by atoms with van der Waals surface area (Å²) >= 11 is 5.05. The van der Waals surface area contributed by atoms with Crippen LogP contribution in [0, 0.1) is 0 Å². The Morgan fingerprint density at radius 2 is 2.00 bits per heavy atom. The monoisotopic (exact) mass is 394 g/mol. The molecule has 1 aromatic heterocycles. The predicted molar refractivity (Wildman–Crippen MR) is 97.1 cm³/mol. The molecule has 0 spiro atoms. The molecule has 0 aliphatic heterocycles. The Kier molecular flexibility index (Phi) is 5.33. The fraction of sp³-hybridized carbons (Fsp3) is 0.412. The highest BCUT2D eigenvalue weighted by molar-refractivity contribution is 9.10. The molecule has 122 valence electrons. The molecule has 1 saturated carbocycles. The zero-order valence-electron chi connectivity index (χ0n) is 12.7. The lowest BCUT2D eigenvalue weighted by Crippen LogP contribution is -2.35. The number of nitrogens with zero attached hydrogens (tertiary/aromatic N) is 2. The first-order valence-electron chi connectivity index (χ1n) is 7.83. The number of halogens is 1. The number of hydrogen-bond acceptors (Lipinski definition) is 4. The average molecular weight is 395 g/mol. The summed E-state index contributed by atoms with van der Waals surface area (Å²) in [7, 11) is 0. The molecule has 1 aliphatic carbocycles. The van der Waals surface area contributed by atoms with E-state index in [1.807, 2.05) is 24.3 Å². The summed E-state index contributed by atoms with van der Waals surface area (Å²) in [4.78, 5) is 17.9. The van der Waals surface area contributed by atoms with E-state index in [1.165, 1.54) is 12.8 Å². The summed E-state index contributed by atoms with van der Waals surface area (Å²) in [5.41, 5.74) is 2.04. The summed E-state index contributed by atoms with van der Waals surface area (Å²) in [6, 6.07) is 8.53. The van der Waals surface area contributed by atoms with E-state index in [0.29, 0.717) is 12.6 Å². The second-order valence-electron chi connectivity index (χ2n) is 5.80. The van der Waals surface area contributed by atoms with Crippen LogP contribution in [0.2, 0.25) is 0 Å². The Bertz CT molecular complexity index is 665. The number of hydrogen-bond donors (Lipinski definition) is 1. The molecule has 1 aliphatic rings. The van der Waals surface area contributed by atoms with E-state index in [1.54, 1.807) is 11.3 Å². The predicted octanol–water partition coefficient (Wildman–Crippen LogP) is 4.80. The fourth-order valence-electron chi connectivity index (χ4n) is 3.02. The molecule has 0 saturated heterocycles. The van der Waals surface area contributed by atoms with Gasteiger partial charge in [-0.3, -0.25) is 4.79 Å². The highest BCUT2D eigenvalue weighted by atomic mass is 79.9. The van der Waals surface area contributed by atoms with E-state index in [4.69, 9.17) is 10.1 Å². The molecule has 0 atom stereocenters. The van der Waals surface area contributed by atoms with Crippen LogP contribution in [0.4, 0.5) is 5.13 Å². The number of thiazole rings is 1. The zero-order valence-corrected chi connectivity index (χ0v) is 15.1. The highest BCUT2D eigenvalue weighted by Gasteiger charge is 2.25. The molecule has 1 N–H and O–H groups in total. The largest absolute Gasteiger partial charge is 0.481 e. The number of carboxylic acids is 1. The second kappa shape index (κ2) is 7.45. The van der Waals surface area contributed by atoms with Gasteiger partial charge in [0.2, 0.25) is 0 Å². The molecule has 1 heterocycles. The lowest BCUT2D eigenvalue weighted by Gasteiger charge is -2.27. The molecule has 3 rings (SSSR count). The Morgan fingerprint density at radius 3 is 2.65 bits per heavy atom. The first-order valence-corrected chi connectivity index (χ1v) is 9.50. The van der Waals surface area contributed by atoms with Gasteiger partial charge < -0.3 is 10.0 Å². The maximum atomic E-state index is 11.0. The van der Waals surface area contributed by atoms with Gasteiger partial charge in [0.05, 0.1) is 12.1 Å². The molecule has 4 nitrogen and oxygen atoms in total. The van der Waals surface area contributed by atoms with Crippen molar-refractivity contribution in [2.24, 2.45) is 0 Å². The molecule has 6 heteroatoms. The molecule has 1 aromatic carbocycles. The van der Waals surface area contributed by atoms with E-state index in [2.05, 4.69) is 26.2 Å². The summed E-state index contributed by atoms with van der Waals surface area (Å²) in [5, 5.41) is 12.0. The number of anilines is 1. The maximum Gasteiger partial charge on any atom is 0.305 e. The first kappa shape index (κ1) is 16.5. The van der Waals surface area contributed by atoms with Crippen molar-refractivity contribution < 1.29 is 9.90 Å². The van der Waals surface area contributed by atoms with Gasteiger partial charge in [0.25, 0.3) is 0 Å². The van der Waals surface area contributed by atoms with Gasteiger partial charge in [0.15, 0.2) is 5.13 Å². The van der Waals surface area contributed by atoms with E-state index in [9.17, 15) is 4.79 Å². The van der Waals surface area contributed by atoms with Gasteiger partial charge in [-0.05, 0) is 25.0 Å². The van der Waals surface area contributed by atoms with E-state index >= 15 is 0 Å². The Hall–Kier alpha value is -1.40. The minimum atomic E-state index is -0.752. The summed E-state index contributed by atoms with van der Waals surface area (Å²) < 4.78 is 1.05. The van der Waals surface area contributed by atoms with Gasteiger partial charge in [-0.2, -0.15) is 0 Å². The molecule has 23 heavy (non-hydrogen) atoms. The summed E-state index contributed by atoms with van der Waals surface area (Å²) in [6.07, 6.45) is 4.86. The van der Waals surface area contributed by atoms with Crippen molar-refractivity contribution >= 4 is 38.4 Å². The molecular formula is C17H19BrN2O2S. The van der Waals surface area contributed by atoms with Gasteiger partial charge >= 0.3 is 5.97 Å². The molecule has 2 aromatic rings. The number of carbonyl (C=O) groups is 1. The number of aromatic nitrogens is 1. The minimum Gasteiger partial charge on any atom is -0.481 e. The standard InChI is InChI=1S/C17H19BrN2O2S/c18-13-7-5-12(6-8-13)15-11-23-17(19-15)20(10-9-16(21)22)14-3-1-2-4-14/h5-8,11,14H,1-4,9-10H2,(H,21,22). The van der Waals surface area contributed by atoms with Crippen molar-refractivity contribution in [2.75, 3.05) is 11.4 Å². The lowest BCUT2D eigenvalue weighted by molar-refractivity contribution is -0.136. The SMILES string of the molecule is O=C(O)CCN(c1nc(-c2ccc(Br)cc2)cs1)C1CCCC1. The Balaban J connectivity index is 1.81. The lowest BCUT2D eigenvalue weighted by atomic mass is 10.2. The van der Waals surface area contributed by atoms with Gasteiger partial charge in [0.1, 0.15) is 0 Å². The molecule has 0 amide bonds. The summed E-state index contributed by atoms with van der Waals surface area (Å²) in [5.74, 6) is -0.752. The van der Waals surface area contributed by atoms with E-state index < -0.39 is 5.97 Å². The zero-order chi connectivity index (χ0) is 16.2. The molecule has 1 fully saturated rings. The Labute approximate surface area is 148 Å².